The van der Waals surface area contributed by atoms with Crippen molar-refractivity contribution in [2.45, 2.75) is 31.8 Å². The molecular weight excluding hydrogens is 721 g/mol. The van der Waals surface area contributed by atoms with Crippen LogP contribution in [0.1, 0.15) is 42.8 Å². The van der Waals surface area contributed by atoms with E-state index in [0.717, 1.165) is 50.3 Å². The molecule has 3 heterocycles. The van der Waals surface area contributed by atoms with Gasteiger partial charge in [0.05, 0.1) is 16.7 Å². The molecule has 7 aromatic carbocycles. The minimum atomic E-state index is -0.158. The van der Waals surface area contributed by atoms with Gasteiger partial charge in [-0.25, -0.2) is 15.0 Å². The second-order valence-electron chi connectivity index (χ2n) is 16.2. The fourth-order valence-corrected chi connectivity index (χ4v) is 9.65. The number of allylic oxidation sites excluding steroid dienone is 2. The first-order valence-electron chi connectivity index (χ1n) is 20.2. The van der Waals surface area contributed by atoms with Crippen LogP contribution in [0.4, 0.5) is 0 Å². The quantitative estimate of drug-likeness (QED) is 0.175. The van der Waals surface area contributed by atoms with E-state index in [1.807, 2.05) is 42.5 Å². The number of benzene rings is 6. The molecule has 278 valence electrons. The van der Waals surface area contributed by atoms with Gasteiger partial charge in [0.15, 0.2) is 17.5 Å². The maximum atomic E-state index is 6.65. The van der Waals surface area contributed by atoms with Gasteiger partial charge in [-0.2, -0.15) is 0 Å². The lowest BCUT2D eigenvalue weighted by molar-refractivity contribution is 0.281. The Bertz CT molecular complexity index is 3250. The molecule has 1 unspecified atom stereocenters. The van der Waals surface area contributed by atoms with Crippen molar-refractivity contribution < 1.29 is 4.74 Å². The van der Waals surface area contributed by atoms with Crippen molar-refractivity contribution in [3.63, 3.8) is 0 Å². The van der Waals surface area contributed by atoms with Crippen LogP contribution in [0.5, 0.6) is 5.75 Å². The van der Waals surface area contributed by atoms with Crippen molar-refractivity contribution >= 4 is 33.0 Å². The van der Waals surface area contributed by atoms with E-state index in [9.17, 15) is 0 Å². The molecule has 59 heavy (non-hydrogen) atoms. The van der Waals surface area contributed by atoms with Crippen molar-refractivity contribution in [1.82, 2.24) is 19.5 Å². The van der Waals surface area contributed by atoms with Crippen LogP contribution < -0.4 is 4.74 Å². The smallest absolute Gasteiger partial charge is 0.164 e. The molecule has 2 aromatic heterocycles. The molecule has 12 rings (SSSR count). The van der Waals surface area contributed by atoms with Gasteiger partial charge in [0.1, 0.15) is 11.9 Å². The van der Waals surface area contributed by atoms with E-state index in [-0.39, 0.29) is 11.5 Å². The van der Waals surface area contributed by atoms with Crippen LogP contribution in [0.15, 0.2) is 164 Å². The molecule has 5 nitrogen and oxygen atoms in total. The summed E-state index contributed by atoms with van der Waals surface area (Å²) >= 11 is 0. The summed E-state index contributed by atoms with van der Waals surface area (Å²) in [7, 11) is 0. The highest BCUT2D eigenvalue weighted by Gasteiger charge is 2.38. The van der Waals surface area contributed by atoms with Gasteiger partial charge in [-0.15, -0.1) is 0 Å². The minimum absolute atomic E-state index is 0.128. The van der Waals surface area contributed by atoms with Crippen LogP contribution in [-0.4, -0.2) is 25.6 Å². The Morgan fingerprint density at radius 1 is 0.610 bits per heavy atom. The van der Waals surface area contributed by atoms with Gasteiger partial charge in [-0.1, -0.05) is 153 Å². The lowest BCUT2D eigenvalue weighted by atomic mass is 9.80. The van der Waals surface area contributed by atoms with E-state index in [1.54, 1.807) is 0 Å². The topological polar surface area (TPSA) is 52.8 Å². The van der Waals surface area contributed by atoms with Crippen molar-refractivity contribution in [1.29, 1.82) is 0 Å². The fourth-order valence-electron chi connectivity index (χ4n) is 9.65. The molecule has 2 aliphatic carbocycles. The highest BCUT2D eigenvalue weighted by atomic mass is 16.5. The second kappa shape index (κ2) is 12.7. The summed E-state index contributed by atoms with van der Waals surface area (Å²) in [6.07, 6.45) is 4.84. The van der Waals surface area contributed by atoms with Crippen LogP contribution in [0, 0.1) is 12.1 Å². The summed E-state index contributed by atoms with van der Waals surface area (Å²) in [5.41, 5.74) is 15.7. The molecule has 1 atom stereocenters. The van der Waals surface area contributed by atoms with E-state index in [2.05, 4.69) is 152 Å². The average Bonchev–Trinajstić information content (AvgIpc) is 3.91. The zero-order valence-electron chi connectivity index (χ0n) is 32.6. The highest BCUT2D eigenvalue weighted by Crippen LogP contribution is 2.53. The molecule has 0 saturated carbocycles. The van der Waals surface area contributed by atoms with E-state index >= 15 is 0 Å². The van der Waals surface area contributed by atoms with E-state index < -0.39 is 0 Å². The van der Waals surface area contributed by atoms with Crippen molar-refractivity contribution in [3.8, 4) is 56.5 Å². The van der Waals surface area contributed by atoms with E-state index in [1.165, 1.54) is 44.2 Å². The van der Waals surface area contributed by atoms with Crippen LogP contribution in [0.25, 0.3) is 83.7 Å². The summed E-state index contributed by atoms with van der Waals surface area (Å²) in [6, 6.07) is 60.1. The van der Waals surface area contributed by atoms with Gasteiger partial charge in [0, 0.05) is 50.4 Å². The maximum absolute atomic E-state index is 6.65. The van der Waals surface area contributed by atoms with E-state index in [0.29, 0.717) is 23.9 Å². The molecule has 5 heteroatoms. The Morgan fingerprint density at radius 2 is 1.32 bits per heavy atom. The minimum Gasteiger partial charge on any atom is -0.485 e. The van der Waals surface area contributed by atoms with Gasteiger partial charge in [0.25, 0.3) is 0 Å². The van der Waals surface area contributed by atoms with Crippen molar-refractivity contribution in [2.24, 2.45) is 0 Å². The summed E-state index contributed by atoms with van der Waals surface area (Å²) in [5.74, 6) is 2.74. The maximum Gasteiger partial charge on any atom is 0.164 e. The molecular formula is C54H36N4O. The van der Waals surface area contributed by atoms with Crippen molar-refractivity contribution in [2.75, 3.05) is 0 Å². The molecule has 0 N–H and O–H groups in total. The molecule has 1 aliphatic heterocycles. The Balaban J connectivity index is 0.968. The fraction of sp³-hybridized carbons (Fsp3) is 0.0926. The molecule has 0 amide bonds. The SMILES string of the molecule is CC1(C)c2ccccc2-c2ccc3c(c21)c1ccccc1n3-c1c#ccc(-c2nc(C3=CC=C4c5ccc(-c6ccccc6)cc5OC4C3)nc(-c3ccccc3)n2)c1. The number of rotatable bonds is 5. The molecule has 3 aliphatic rings. The standard InChI is InChI=1S/C54H36N4O/c1-54(2)44-22-11-9-20-39(44)42-28-29-46-49(50(42)54)43-21-10-12-23-45(43)58(46)38-19-13-18-36(30-38)52-55-51(34-16-7-4-8-17-34)56-53(57-52)37-25-27-41-40-26-24-35(33-14-5-3-6-15-33)31-47(40)59-48(41)32-37/h3-12,14-18,20-31,48H,32H2,1-2H3. The number of ether oxygens (including phenoxy) is 1. The summed E-state index contributed by atoms with van der Waals surface area (Å²) in [4.78, 5) is 15.4. The van der Waals surface area contributed by atoms with Crippen LogP contribution in [-0.2, 0) is 5.41 Å². The number of fused-ring (bicyclic) bond motifs is 10. The normalized spacial score (nSPS) is 15.7. The van der Waals surface area contributed by atoms with Gasteiger partial charge in [-0.3, -0.25) is 0 Å². The number of hydrogen-bond acceptors (Lipinski definition) is 4. The van der Waals surface area contributed by atoms with Crippen LogP contribution in [0.2, 0.25) is 0 Å². The zero-order chi connectivity index (χ0) is 39.2. The molecule has 9 aromatic rings. The second-order valence-corrected chi connectivity index (χ2v) is 16.2. The summed E-state index contributed by atoms with van der Waals surface area (Å²) in [5, 5.41) is 2.49. The third-order valence-electron chi connectivity index (χ3n) is 12.4. The van der Waals surface area contributed by atoms with Gasteiger partial charge < -0.3 is 9.30 Å². The Labute approximate surface area is 342 Å². The molecule has 0 fully saturated rings. The lowest BCUT2D eigenvalue weighted by Crippen LogP contribution is -2.16. The Morgan fingerprint density at radius 3 is 2.17 bits per heavy atom. The predicted octanol–water partition coefficient (Wildman–Crippen LogP) is 12.5. The van der Waals surface area contributed by atoms with Crippen LogP contribution >= 0.6 is 0 Å². The molecule has 0 bridgehead atoms. The monoisotopic (exact) mass is 756 g/mol. The van der Waals surface area contributed by atoms with Gasteiger partial charge >= 0.3 is 0 Å². The number of para-hydroxylation sites is 1. The number of aromatic nitrogens is 4. The lowest BCUT2D eigenvalue weighted by Gasteiger charge is -2.22. The number of hydrogen-bond donors (Lipinski definition) is 0. The first kappa shape index (κ1) is 33.6. The zero-order valence-corrected chi connectivity index (χ0v) is 32.6. The number of nitrogens with zero attached hydrogens (tertiary/aromatic N) is 4. The van der Waals surface area contributed by atoms with Gasteiger partial charge in [0.2, 0.25) is 0 Å². The van der Waals surface area contributed by atoms with Gasteiger partial charge in [-0.05, 0) is 69.8 Å². The third kappa shape index (κ3) is 5.16. The summed E-state index contributed by atoms with van der Waals surface area (Å²) in [6.45, 7) is 4.70. The first-order chi connectivity index (χ1) is 29.0. The molecule has 0 spiro atoms. The molecule has 0 saturated heterocycles. The average molecular weight is 757 g/mol. The first-order valence-corrected chi connectivity index (χ1v) is 20.2. The summed E-state index contributed by atoms with van der Waals surface area (Å²) < 4.78 is 8.97. The Kier molecular flexibility index (Phi) is 7.24. The Hall–Kier alpha value is -7.55. The largest absolute Gasteiger partial charge is 0.485 e. The molecule has 0 radical (unpaired) electrons. The predicted molar refractivity (Wildman–Crippen MR) is 237 cm³/mol. The highest BCUT2D eigenvalue weighted by molar-refractivity contribution is 6.14. The van der Waals surface area contributed by atoms with E-state index in [4.69, 9.17) is 19.7 Å². The van der Waals surface area contributed by atoms with Crippen molar-refractivity contribution in [3.05, 3.63) is 198 Å². The van der Waals surface area contributed by atoms with Crippen LogP contribution in [0.3, 0.4) is 0 Å². The third-order valence-corrected chi connectivity index (χ3v) is 12.4.